The lowest BCUT2D eigenvalue weighted by Gasteiger charge is -2.14. The number of rotatable bonds is 6. The van der Waals surface area contributed by atoms with Gasteiger partial charge in [0, 0.05) is 12.1 Å². The third-order valence-corrected chi connectivity index (χ3v) is 2.98. The van der Waals surface area contributed by atoms with E-state index in [1.54, 1.807) is 0 Å². The maximum Gasteiger partial charge on any atom is 0.137 e. The first-order valence-corrected chi connectivity index (χ1v) is 6.49. The SMILES string of the molecule is CNCc1cccc(Br)c1OCCC(C)C. The summed E-state index contributed by atoms with van der Waals surface area (Å²) in [6, 6.07) is 6.14. The van der Waals surface area contributed by atoms with Crippen LogP contribution in [0.2, 0.25) is 0 Å². The summed E-state index contributed by atoms with van der Waals surface area (Å²) >= 11 is 3.53. The Morgan fingerprint density at radius 2 is 2.12 bits per heavy atom. The van der Waals surface area contributed by atoms with Gasteiger partial charge in [-0.15, -0.1) is 0 Å². The molecule has 16 heavy (non-hydrogen) atoms. The normalized spacial score (nSPS) is 10.8. The molecule has 0 saturated heterocycles. The molecule has 0 unspecified atom stereocenters. The summed E-state index contributed by atoms with van der Waals surface area (Å²) in [7, 11) is 1.94. The number of hydrogen-bond donors (Lipinski definition) is 1. The van der Waals surface area contributed by atoms with Gasteiger partial charge in [0.25, 0.3) is 0 Å². The van der Waals surface area contributed by atoms with Gasteiger partial charge in [0.2, 0.25) is 0 Å². The molecule has 0 aliphatic rings. The van der Waals surface area contributed by atoms with Crippen molar-refractivity contribution in [3.8, 4) is 5.75 Å². The Labute approximate surface area is 107 Å². The van der Waals surface area contributed by atoms with Crippen LogP contribution in [0.5, 0.6) is 5.75 Å². The fraction of sp³-hybridized carbons (Fsp3) is 0.538. The second-order valence-electron chi connectivity index (χ2n) is 4.29. The van der Waals surface area contributed by atoms with Crippen LogP contribution in [-0.2, 0) is 6.54 Å². The Morgan fingerprint density at radius 3 is 2.75 bits per heavy atom. The number of benzene rings is 1. The predicted octanol–water partition coefficient (Wildman–Crippen LogP) is 3.59. The average Bonchev–Trinajstić information content (AvgIpc) is 2.22. The molecule has 90 valence electrons. The van der Waals surface area contributed by atoms with Gasteiger partial charge in [-0.05, 0) is 41.4 Å². The summed E-state index contributed by atoms with van der Waals surface area (Å²) in [6.07, 6.45) is 1.08. The number of para-hydroxylation sites is 1. The summed E-state index contributed by atoms with van der Waals surface area (Å²) in [6.45, 7) is 6.02. The van der Waals surface area contributed by atoms with Gasteiger partial charge in [-0.2, -0.15) is 0 Å². The standard InChI is InChI=1S/C13H20BrNO/c1-10(2)7-8-16-13-11(9-15-3)5-4-6-12(13)14/h4-6,10,15H,7-9H2,1-3H3. The summed E-state index contributed by atoms with van der Waals surface area (Å²) in [5, 5.41) is 3.15. The highest BCUT2D eigenvalue weighted by atomic mass is 79.9. The van der Waals surface area contributed by atoms with Gasteiger partial charge < -0.3 is 10.1 Å². The number of halogens is 1. The van der Waals surface area contributed by atoms with E-state index in [-0.39, 0.29) is 0 Å². The minimum Gasteiger partial charge on any atom is -0.492 e. The van der Waals surface area contributed by atoms with E-state index in [0.29, 0.717) is 5.92 Å². The molecule has 0 saturated carbocycles. The lowest BCUT2D eigenvalue weighted by molar-refractivity contribution is 0.285. The van der Waals surface area contributed by atoms with E-state index < -0.39 is 0 Å². The first-order chi connectivity index (χ1) is 7.65. The van der Waals surface area contributed by atoms with Gasteiger partial charge in [-0.3, -0.25) is 0 Å². The van der Waals surface area contributed by atoms with Gasteiger partial charge in [0.15, 0.2) is 0 Å². The van der Waals surface area contributed by atoms with E-state index in [1.807, 2.05) is 19.2 Å². The number of hydrogen-bond acceptors (Lipinski definition) is 2. The minimum atomic E-state index is 0.676. The van der Waals surface area contributed by atoms with Crippen LogP contribution < -0.4 is 10.1 Å². The molecule has 1 aromatic rings. The smallest absolute Gasteiger partial charge is 0.137 e. The summed E-state index contributed by atoms with van der Waals surface area (Å²) in [5.74, 6) is 1.65. The van der Waals surface area contributed by atoms with Crippen LogP contribution >= 0.6 is 15.9 Å². The average molecular weight is 286 g/mol. The molecule has 0 bridgehead atoms. The molecule has 0 aromatic heterocycles. The lowest BCUT2D eigenvalue weighted by Crippen LogP contribution is -2.09. The fourth-order valence-corrected chi connectivity index (χ4v) is 1.96. The number of nitrogens with one attached hydrogen (secondary N) is 1. The molecule has 0 radical (unpaired) electrons. The topological polar surface area (TPSA) is 21.3 Å². The molecule has 0 spiro atoms. The number of ether oxygens (including phenoxy) is 1. The summed E-state index contributed by atoms with van der Waals surface area (Å²) in [5.41, 5.74) is 1.20. The second kappa shape index (κ2) is 6.92. The van der Waals surface area contributed by atoms with Crippen molar-refractivity contribution in [3.05, 3.63) is 28.2 Å². The van der Waals surface area contributed by atoms with E-state index in [9.17, 15) is 0 Å². The molecule has 1 N–H and O–H groups in total. The molecule has 0 fully saturated rings. The van der Waals surface area contributed by atoms with Crippen molar-refractivity contribution in [2.24, 2.45) is 5.92 Å². The van der Waals surface area contributed by atoms with Crippen molar-refractivity contribution < 1.29 is 4.74 Å². The highest BCUT2D eigenvalue weighted by molar-refractivity contribution is 9.10. The fourth-order valence-electron chi connectivity index (χ4n) is 1.44. The third kappa shape index (κ3) is 4.14. The van der Waals surface area contributed by atoms with Gasteiger partial charge in [0.05, 0.1) is 11.1 Å². The molecule has 0 amide bonds. The second-order valence-corrected chi connectivity index (χ2v) is 5.14. The Hall–Kier alpha value is -0.540. The van der Waals surface area contributed by atoms with Gasteiger partial charge in [-0.25, -0.2) is 0 Å². The van der Waals surface area contributed by atoms with Gasteiger partial charge in [-0.1, -0.05) is 26.0 Å². The molecule has 1 rings (SSSR count). The quantitative estimate of drug-likeness (QED) is 0.862. The van der Waals surface area contributed by atoms with Crippen LogP contribution in [0.15, 0.2) is 22.7 Å². The zero-order valence-corrected chi connectivity index (χ0v) is 11.8. The first kappa shape index (κ1) is 13.5. The lowest BCUT2D eigenvalue weighted by atomic mass is 10.1. The summed E-state index contributed by atoms with van der Waals surface area (Å²) < 4.78 is 6.88. The Kier molecular flexibility index (Phi) is 5.85. The van der Waals surface area contributed by atoms with Crippen LogP contribution in [-0.4, -0.2) is 13.7 Å². The molecule has 0 heterocycles. The predicted molar refractivity (Wildman–Crippen MR) is 71.9 cm³/mol. The molecule has 1 aromatic carbocycles. The zero-order valence-electron chi connectivity index (χ0n) is 10.2. The molecule has 3 heteroatoms. The molecule has 0 aliphatic heterocycles. The van der Waals surface area contributed by atoms with E-state index in [0.717, 1.165) is 29.8 Å². The van der Waals surface area contributed by atoms with Crippen molar-refractivity contribution in [1.29, 1.82) is 0 Å². The first-order valence-electron chi connectivity index (χ1n) is 5.70. The van der Waals surface area contributed by atoms with E-state index >= 15 is 0 Å². The van der Waals surface area contributed by atoms with E-state index in [4.69, 9.17) is 4.74 Å². The Bertz CT molecular complexity index is 326. The monoisotopic (exact) mass is 285 g/mol. The van der Waals surface area contributed by atoms with Crippen molar-refractivity contribution >= 4 is 15.9 Å². The Morgan fingerprint density at radius 1 is 1.38 bits per heavy atom. The van der Waals surface area contributed by atoms with Crippen molar-refractivity contribution in [2.75, 3.05) is 13.7 Å². The van der Waals surface area contributed by atoms with Gasteiger partial charge >= 0.3 is 0 Å². The maximum absolute atomic E-state index is 5.84. The third-order valence-electron chi connectivity index (χ3n) is 2.36. The largest absolute Gasteiger partial charge is 0.492 e. The van der Waals surface area contributed by atoms with Crippen LogP contribution in [0.4, 0.5) is 0 Å². The van der Waals surface area contributed by atoms with E-state index in [1.165, 1.54) is 5.56 Å². The highest BCUT2D eigenvalue weighted by Gasteiger charge is 2.07. The van der Waals surface area contributed by atoms with Crippen LogP contribution in [0, 0.1) is 5.92 Å². The van der Waals surface area contributed by atoms with E-state index in [2.05, 4.69) is 41.2 Å². The molecule has 0 atom stereocenters. The van der Waals surface area contributed by atoms with Crippen LogP contribution in [0.3, 0.4) is 0 Å². The molecular formula is C13H20BrNO. The highest BCUT2D eigenvalue weighted by Crippen LogP contribution is 2.29. The van der Waals surface area contributed by atoms with Crippen LogP contribution in [0.1, 0.15) is 25.8 Å². The molecule has 0 aliphatic carbocycles. The Balaban J connectivity index is 2.68. The molecular weight excluding hydrogens is 266 g/mol. The van der Waals surface area contributed by atoms with Gasteiger partial charge in [0.1, 0.15) is 5.75 Å². The minimum absolute atomic E-state index is 0.676. The molecule has 2 nitrogen and oxygen atoms in total. The van der Waals surface area contributed by atoms with Crippen molar-refractivity contribution in [2.45, 2.75) is 26.8 Å². The summed E-state index contributed by atoms with van der Waals surface area (Å²) in [4.78, 5) is 0. The van der Waals surface area contributed by atoms with Crippen LogP contribution in [0.25, 0.3) is 0 Å². The van der Waals surface area contributed by atoms with Crippen molar-refractivity contribution in [1.82, 2.24) is 5.32 Å². The zero-order chi connectivity index (χ0) is 12.0. The maximum atomic E-state index is 5.84. The van der Waals surface area contributed by atoms with Crippen molar-refractivity contribution in [3.63, 3.8) is 0 Å².